The molecule has 2 aliphatic rings. The lowest BCUT2D eigenvalue weighted by molar-refractivity contribution is -0.138. The number of aromatic nitrogens is 1. The molecule has 0 fully saturated rings. The molecule has 0 N–H and O–H groups in total. The number of terminal acetylenes is 1. The molecule has 9 nitrogen and oxygen atoms in total. The zero-order valence-corrected chi connectivity index (χ0v) is 26.6. The third-order valence-electron chi connectivity index (χ3n) is 6.94. The fraction of sp³-hybridized carbons (Fsp3) is 0.182. The molecular formula is C33H25IN2O7S. The Morgan fingerprint density at radius 2 is 1.98 bits per heavy atom. The second-order valence-corrected chi connectivity index (χ2v) is 11.7. The highest BCUT2D eigenvalue weighted by Crippen LogP contribution is 2.40. The molecule has 0 saturated heterocycles. The Morgan fingerprint density at radius 1 is 1.18 bits per heavy atom. The van der Waals surface area contributed by atoms with Crippen LogP contribution in [0.3, 0.4) is 0 Å². The van der Waals surface area contributed by atoms with Gasteiger partial charge in [-0.25, -0.2) is 9.79 Å². The summed E-state index contributed by atoms with van der Waals surface area (Å²) in [6.07, 6.45) is 7.14. The molecule has 3 aromatic carbocycles. The molecule has 6 rings (SSSR count). The molecule has 0 bridgehead atoms. The highest BCUT2D eigenvalue weighted by molar-refractivity contribution is 14.1. The first-order chi connectivity index (χ1) is 21.4. The lowest BCUT2D eigenvalue weighted by Crippen LogP contribution is -2.40. The SMILES string of the molecule is C#CCOc1c(I)cc(/C=c2\sc3n(c2=O)[C@@H](c2ccc4c(c2)OCO4)C(C(=O)OCC)=C(c2ccccc2)N=3)cc1OC. The fourth-order valence-corrected chi connectivity index (χ4v) is 6.85. The molecular weight excluding hydrogens is 695 g/mol. The summed E-state index contributed by atoms with van der Waals surface area (Å²) in [4.78, 5) is 33.2. The molecule has 222 valence electrons. The van der Waals surface area contributed by atoms with Gasteiger partial charge in [0.15, 0.2) is 27.8 Å². The first-order valence-electron chi connectivity index (χ1n) is 13.5. The van der Waals surface area contributed by atoms with Crippen LogP contribution in [0, 0.1) is 15.9 Å². The van der Waals surface area contributed by atoms with Gasteiger partial charge in [0.25, 0.3) is 5.56 Å². The van der Waals surface area contributed by atoms with E-state index in [1.807, 2.05) is 42.5 Å². The number of hydrogen-bond donors (Lipinski definition) is 0. The number of methoxy groups -OCH3 is 1. The van der Waals surface area contributed by atoms with Crippen molar-refractivity contribution in [2.75, 3.05) is 27.1 Å². The van der Waals surface area contributed by atoms with Gasteiger partial charge >= 0.3 is 5.97 Å². The fourth-order valence-electron chi connectivity index (χ4n) is 5.07. The molecule has 1 aromatic heterocycles. The summed E-state index contributed by atoms with van der Waals surface area (Å²) < 4.78 is 30.7. The number of nitrogens with zero attached hydrogens (tertiary/aromatic N) is 2. The average Bonchev–Trinajstić information content (AvgIpc) is 3.63. The van der Waals surface area contributed by atoms with Crippen molar-refractivity contribution in [3.05, 3.63) is 106 Å². The average molecular weight is 721 g/mol. The van der Waals surface area contributed by atoms with E-state index in [0.29, 0.717) is 43.6 Å². The highest BCUT2D eigenvalue weighted by Gasteiger charge is 2.36. The summed E-state index contributed by atoms with van der Waals surface area (Å²) in [6.45, 7) is 2.08. The highest BCUT2D eigenvalue weighted by atomic mass is 127. The van der Waals surface area contributed by atoms with Gasteiger partial charge in [0, 0.05) is 5.56 Å². The van der Waals surface area contributed by atoms with E-state index in [1.54, 1.807) is 42.9 Å². The van der Waals surface area contributed by atoms with Crippen LogP contribution in [0.4, 0.5) is 0 Å². The minimum atomic E-state index is -0.841. The number of hydrogen-bond acceptors (Lipinski definition) is 9. The number of halogens is 1. The topological polar surface area (TPSA) is 97.6 Å². The Kier molecular flexibility index (Phi) is 8.45. The van der Waals surface area contributed by atoms with Crippen molar-refractivity contribution < 1.29 is 28.5 Å². The van der Waals surface area contributed by atoms with Gasteiger partial charge in [-0.2, -0.15) is 0 Å². The Hall–Kier alpha value is -4.54. The molecule has 44 heavy (non-hydrogen) atoms. The summed E-state index contributed by atoms with van der Waals surface area (Å²) in [5.41, 5.74) is 2.47. The van der Waals surface area contributed by atoms with E-state index in [-0.39, 0.29) is 31.1 Å². The van der Waals surface area contributed by atoms with Crippen LogP contribution < -0.4 is 33.8 Å². The van der Waals surface area contributed by atoms with Crippen LogP contribution in [-0.4, -0.2) is 37.7 Å². The maximum atomic E-state index is 14.2. The van der Waals surface area contributed by atoms with E-state index in [0.717, 1.165) is 14.7 Å². The van der Waals surface area contributed by atoms with Gasteiger partial charge in [-0.05, 0) is 71.0 Å². The van der Waals surface area contributed by atoms with Crippen LogP contribution >= 0.6 is 33.9 Å². The smallest absolute Gasteiger partial charge is 0.338 e. The van der Waals surface area contributed by atoms with E-state index >= 15 is 0 Å². The second kappa shape index (κ2) is 12.6. The molecule has 11 heteroatoms. The van der Waals surface area contributed by atoms with Crippen LogP contribution in [0.2, 0.25) is 0 Å². The minimum absolute atomic E-state index is 0.0895. The summed E-state index contributed by atoms with van der Waals surface area (Å²) >= 11 is 3.37. The number of carbonyl (C=O) groups excluding carboxylic acids is 1. The van der Waals surface area contributed by atoms with Crippen molar-refractivity contribution >= 4 is 51.7 Å². The predicted octanol–water partition coefficient (Wildman–Crippen LogP) is 4.29. The summed E-state index contributed by atoms with van der Waals surface area (Å²) in [5, 5.41) is 0. The van der Waals surface area contributed by atoms with E-state index in [2.05, 4.69) is 28.5 Å². The second-order valence-electron chi connectivity index (χ2n) is 9.57. The number of carbonyl (C=O) groups is 1. The lowest BCUT2D eigenvalue weighted by atomic mass is 9.93. The van der Waals surface area contributed by atoms with Crippen molar-refractivity contribution in [1.29, 1.82) is 0 Å². The van der Waals surface area contributed by atoms with E-state index in [9.17, 15) is 9.59 Å². The summed E-state index contributed by atoms with van der Waals surface area (Å²) in [5.74, 6) is 4.02. The van der Waals surface area contributed by atoms with Gasteiger partial charge in [0.1, 0.15) is 6.61 Å². The number of fused-ring (bicyclic) bond motifs is 2. The van der Waals surface area contributed by atoms with Gasteiger partial charge in [-0.15, -0.1) is 6.42 Å². The molecule has 0 radical (unpaired) electrons. The maximum Gasteiger partial charge on any atom is 0.338 e. The Balaban J connectivity index is 1.59. The van der Waals surface area contributed by atoms with Gasteiger partial charge in [0.2, 0.25) is 6.79 Å². The number of rotatable bonds is 8. The quantitative estimate of drug-likeness (QED) is 0.152. The van der Waals surface area contributed by atoms with Gasteiger partial charge in [0.05, 0.1) is 39.1 Å². The Bertz CT molecular complexity index is 2030. The predicted molar refractivity (Wildman–Crippen MR) is 174 cm³/mol. The monoisotopic (exact) mass is 720 g/mol. The molecule has 4 aromatic rings. The van der Waals surface area contributed by atoms with Gasteiger partial charge < -0.3 is 23.7 Å². The summed E-state index contributed by atoms with van der Waals surface area (Å²) in [7, 11) is 1.54. The molecule has 0 aliphatic carbocycles. The molecule has 2 aliphatic heterocycles. The van der Waals surface area contributed by atoms with Crippen LogP contribution in [0.1, 0.15) is 29.7 Å². The van der Waals surface area contributed by atoms with Crippen molar-refractivity contribution in [3.8, 4) is 35.3 Å². The summed E-state index contributed by atoms with van der Waals surface area (Å²) in [6, 6.07) is 17.6. The largest absolute Gasteiger partial charge is 0.493 e. The van der Waals surface area contributed by atoms with Crippen LogP contribution in [-0.2, 0) is 9.53 Å². The number of thiazole rings is 1. The van der Waals surface area contributed by atoms with Crippen molar-refractivity contribution in [2.24, 2.45) is 4.99 Å². The zero-order valence-electron chi connectivity index (χ0n) is 23.7. The van der Waals surface area contributed by atoms with E-state index < -0.39 is 12.0 Å². The molecule has 1 atom stereocenters. The first kappa shape index (κ1) is 29.5. The van der Waals surface area contributed by atoms with E-state index in [1.165, 1.54) is 11.3 Å². The molecule has 3 heterocycles. The minimum Gasteiger partial charge on any atom is -0.493 e. The van der Waals surface area contributed by atoms with Gasteiger partial charge in [-0.1, -0.05) is 53.7 Å². The number of esters is 1. The maximum absolute atomic E-state index is 14.2. The first-order valence-corrected chi connectivity index (χ1v) is 15.4. The normalized spacial score (nSPS) is 15.3. The molecule has 0 saturated carbocycles. The lowest BCUT2D eigenvalue weighted by Gasteiger charge is -2.26. The van der Waals surface area contributed by atoms with Crippen LogP contribution in [0.5, 0.6) is 23.0 Å². The van der Waals surface area contributed by atoms with Crippen molar-refractivity contribution in [3.63, 3.8) is 0 Å². The standard InChI is InChI=1S/C33H25IN2O7S/c1-4-13-41-30-22(34)14-19(15-25(30)39-3)16-26-31(37)36-29(21-11-12-23-24(17-21)43-18-42-23)27(32(38)40-5-2)28(35-33(36)44-26)20-9-7-6-8-10-20/h1,6-12,14-17,29H,5,13,18H2,2-3H3/b26-16-/t29-/m0/s1. The van der Waals surface area contributed by atoms with E-state index in [4.69, 9.17) is 35.1 Å². The third kappa shape index (κ3) is 5.46. The number of benzene rings is 3. The van der Waals surface area contributed by atoms with Crippen molar-refractivity contribution in [2.45, 2.75) is 13.0 Å². The molecule has 0 spiro atoms. The third-order valence-corrected chi connectivity index (χ3v) is 8.72. The Labute approximate surface area is 270 Å². The van der Waals surface area contributed by atoms with Crippen LogP contribution in [0.25, 0.3) is 11.8 Å². The van der Waals surface area contributed by atoms with Crippen LogP contribution in [0.15, 0.2) is 76.0 Å². The molecule has 0 unspecified atom stereocenters. The van der Waals surface area contributed by atoms with Gasteiger partial charge in [-0.3, -0.25) is 9.36 Å². The van der Waals surface area contributed by atoms with Crippen molar-refractivity contribution in [1.82, 2.24) is 4.57 Å². The number of ether oxygens (including phenoxy) is 5. The Morgan fingerprint density at radius 3 is 2.73 bits per heavy atom. The molecule has 0 amide bonds. The zero-order chi connectivity index (χ0) is 30.8.